The maximum absolute atomic E-state index is 5.59. The quantitative estimate of drug-likeness (QED) is 0.845. The third-order valence-electron chi connectivity index (χ3n) is 2.96. The first-order valence-electron chi connectivity index (χ1n) is 6.00. The van der Waals surface area contributed by atoms with E-state index in [1.165, 1.54) is 11.1 Å². The molecule has 0 radical (unpaired) electrons. The highest BCUT2D eigenvalue weighted by Gasteiger charge is 2.19. The van der Waals surface area contributed by atoms with Gasteiger partial charge in [-0.05, 0) is 38.4 Å². The summed E-state index contributed by atoms with van der Waals surface area (Å²) < 4.78 is 0. The molecule has 90 valence electrons. The molecule has 0 aliphatic rings. The second kappa shape index (κ2) is 5.46. The third kappa shape index (κ3) is 3.62. The second-order valence-electron chi connectivity index (χ2n) is 5.21. The molecule has 2 nitrogen and oxygen atoms in total. The molecular weight excluding hydrogens is 196 g/mol. The summed E-state index contributed by atoms with van der Waals surface area (Å²) in [5.74, 6) is 0. The van der Waals surface area contributed by atoms with Gasteiger partial charge in [-0.25, -0.2) is 0 Å². The lowest BCUT2D eigenvalue weighted by Crippen LogP contribution is -2.40. The predicted octanol–water partition coefficient (Wildman–Crippen LogP) is 2.77. The van der Waals surface area contributed by atoms with Crippen LogP contribution in [0, 0.1) is 0 Å². The van der Waals surface area contributed by atoms with E-state index in [-0.39, 0.29) is 5.54 Å². The van der Waals surface area contributed by atoms with Crippen LogP contribution in [0.25, 0.3) is 0 Å². The van der Waals surface area contributed by atoms with Crippen LogP contribution in [-0.2, 0) is 13.1 Å². The molecule has 0 aliphatic carbocycles. The largest absolute Gasteiger partial charge is 0.326 e. The molecule has 0 saturated carbocycles. The van der Waals surface area contributed by atoms with Crippen molar-refractivity contribution in [3.8, 4) is 0 Å². The Hall–Kier alpha value is -0.860. The first kappa shape index (κ1) is 13.2. The molecule has 2 N–H and O–H groups in total. The van der Waals surface area contributed by atoms with Gasteiger partial charge < -0.3 is 5.73 Å². The Morgan fingerprint density at radius 1 is 1.06 bits per heavy atom. The molecule has 0 fully saturated rings. The molecule has 0 heterocycles. The molecule has 0 amide bonds. The van der Waals surface area contributed by atoms with E-state index in [1.807, 2.05) is 0 Å². The fourth-order valence-corrected chi connectivity index (χ4v) is 1.82. The van der Waals surface area contributed by atoms with Crippen molar-refractivity contribution in [1.29, 1.82) is 0 Å². The van der Waals surface area contributed by atoms with E-state index in [0.717, 1.165) is 13.1 Å². The molecule has 0 saturated heterocycles. The van der Waals surface area contributed by atoms with Crippen LogP contribution < -0.4 is 5.73 Å². The lowest BCUT2D eigenvalue weighted by Gasteiger charge is -2.34. The van der Waals surface area contributed by atoms with Crippen molar-refractivity contribution in [2.24, 2.45) is 5.73 Å². The average molecular weight is 220 g/mol. The zero-order valence-corrected chi connectivity index (χ0v) is 11.0. The lowest BCUT2D eigenvalue weighted by atomic mass is 10.0. The van der Waals surface area contributed by atoms with Crippen LogP contribution in [-0.4, -0.2) is 17.0 Å². The minimum atomic E-state index is 0.224. The summed E-state index contributed by atoms with van der Waals surface area (Å²) in [5.41, 5.74) is 8.36. The van der Waals surface area contributed by atoms with Gasteiger partial charge in [-0.15, -0.1) is 0 Å². The van der Waals surface area contributed by atoms with Crippen LogP contribution in [0.15, 0.2) is 24.3 Å². The number of nitrogens with zero attached hydrogens (tertiary/aromatic N) is 1. The summed E-state index contributed by atoms with van der Waals surface area (Å²) in [7, 11) is 0. The molecule has 0 atom stereocenters. The van der Waals surface area contributed by atoms with E-state index in [2.05, 4.69) is 56.9 Å². The van der Waals surface area contributed by atoms with Gasteiger partial charge in [0, 0.05) is 18.6 Å². The summed E-state index contributed by atoms with van der Waals surface area (Å²) in [6.07, 6.45) is 0. The average Bonchev–Trinajstić information content (AvgIpc) is 2.25. The topological polar surface area (TPSA) is 29.3 Å². The van der Waals surface area contributed by atoms with Crippen molar-refractivity contribution in [3.05, 3.63) is 35.4 Å². The fourth-order valence-electron chi connectivity index (χ4n) is 1.82. The van der Waals surface area contributed by atoms with Crippen LogP contribution in [0.1, 0.15) is 38.8 Å². The first-order valence-corrected chi connectivity index (χ1v) is 6.00. The van der Waals surface area contributed by atoms with Gasteiger partial charge in [0.25, 0.3) is 0 Å². The van der Waals surface area contributed by atoms with Crippen LogP contribution >= 0.6 is 0 Å². The SMILES string of the molecule is CCN(Cc1ccc(CN)cc1)C(C)(C)C. The van der Waals surface area contributed by atoms with Crippen molar-refractivity contribution < 1.29 is 0 Å². The molecule has 0 spiro atoms. The summed E-state index contributed by atoms with van der Waals surface area (Å²) >= 11 is 0. The second-order valence-corrected chi connectivity index (χ2v) is 5.21. The molecule has 1 aromatic carbocycles. The smallest absolute Gasteiger partial charge is 0.0238 e. The standard InChI is InChI=1S/C14H24N2/c1-5-16(14(2,3)4)11-13-8-6-12(10-15)7-9-13/h6-9H,5,10-11,15H2,1-4H3. The van der Waals surface area contributed by atoms with E-state index >= 15 is 0 Å². The first-order chi connectivity index (χ1) is 7.47. The summed E-state index contributed by atoms with van der Waals surface area (Å²) in [4.78, 5) is 2.46. The van der Waals surface area contributed by atoms with Gasteiger partial charge in [-0.3, -0.25) is 4.90 Å². The van der Waals surface area contributed by atoms with Gasteiger partial charge in [0.1, 0.15) is 0 Å². The monoisotopic (exact) mass is 220 g/mol. The Balaban J connectivity index is 2.71. The van der Waals surface area contributed by atoms with Crippen molar-refractivity contribution in [2.75, 3.05) is 6.54 Å². The van der Waals surface area contributed by atoms with Crippen LogP contribution in [0.5, 0.6) is 0 Å². The Labute approximate surface area is 99.5 Å². The van der Waals surface area contributed by atoms with Gasteiger partial charge >= 0.3 is 0 Å². The lowest BCUT2D eigenvalue weighted by molar-refractivity contribution is 0.136. The van der Waals surface area contributed by atoms with Crippen molar-refractivity contribution >= 4 is 0 Å². The Morgan fingerprint density at radius 2 is 1.56 bits per heavy atom. The number of benzene rings is 1. The van der Waals surface area contributed by atoms with Crippen molar-refractivity contribution in [1.82, 2.24) is 4.90 Å². The van der Waals surface area contributed by atoms with Gasteiger partial charge in [0.15, 0.2) is 0 Å². The van der Waals surface area contributed by atoms with Gasteiger partial charge in [0.05, 0.1) is 0 Å². The van der Waals surface area contributed by atoms with E-state index < -0.39 is 0 Å². The molecule has 16 heavy (non-hydrogen) atoms. The van der Waals surface area contributed by atoms with Gasteiger partial charge in [-0.2, -0.15) is 0 Å². The van der Waals surface area contributed by atoms with Crippen LogP contribution in [0.4, 0.5) is 0 Å². The maximum Gasteiger partial charge on any atom is 0.0238 e. The normalized spacial score (nSPS) is 12.1. The van der Waals surface area contributed by atoms with E-state index in [0.29, 0.717) is 6.54 Å². The minimum Gasteiger partial charge on any atom is -0.326 e. The number of nitrogens with two attached hydrogens (primary N) is 1. The predicted molar refractivity (Wildman–Crippen MR) is 70.2 cm³/mol. The molecule has 0 bridgehead atoms. The van der Waals surface area contributed by atoms with Crippen LogP contribution in [0.2, 0.25) is 0 Å². The molecular formula is C14H24N2. The third-order valence-corrected chi connectivity index (χ3v) is 2.96. The van der Waals surface area contributed by atoms with E-state index in [4.69, 9.17) is 5.73 Å². The van der Waals surface area contributed by atoms with E-state index in [1.54, 1.807) is 0 Å². The van der Waals surface area contributed by atoms with Crippen LogP contribution in [0.3, 0.4) is 0 Å². The highest BCUT2D eigenvalue weighted by Crippen LogP contribution is 2.17. The number of rotatable bonds is 4. The Bertz CT molecular complexity index is 309. The summed E-state index contributed by atoms with van der Waals surface area (Å²) in [6, 6.07) is 8.59. The van der Waals surface area contributed by atoms with Crippen molar-refractivity contribution in [3.63, 3.8) is 0 Å². The van der Waals surface area contributed by atoms with Gasteiger partial charge in [-0.1, -0.05) is 31.2 Å². The molecule has 1 rings (SSSR count). The van der Waals surface area contributed by atoms with E-state index in [9.17, 15) is 0 Å². The number of hydrogen-bond acceptors (Lipinski definition) is 2. The maximum atomic E-state index is 5.59. The Kier molecular flexibility index (Phi) is 4.51. The highest BCUT2D eigenvalue weighted by molar-refractivity contribution is 5.22. The summed E-state index contributed by atoms with van der Waals surface area (Å²) in [6.45, 7) is 11.7. The molecule has 1 aromatic rings. The number of hydrogen-bond donors (Lipinski definition) is 1. The highest BCUT2D eigenvalue weighted by atomic mass is 15.2. The fraction of sp³-hybridized carbons (Fsp3) is 0.571. The zero-order chi connectivity index (χ0) is 12.2. The summed E-state index contributed by atoms with van der Waals surface area (Å²) in [5, 5.41) is 0. The molecule has 0 aliphatic heterocycles. The van der Waals surface area contributed by atoms with Crippen molar-refractivity contribution in [2.45, 2.75) is 46.3 Å². The van der Waals surface area contributed by atoms with Gasteiger partial charge in [0.2, 0.25) is 0 Å². The Morgan fingerprint density at radius 3 is 1.94 bits per heavy atom. The molecule has 0 aromatic heterocycles. The minimum absolute atomic E-state index is 0.224. The zero-order valence-electron chi connectivity index (χ0n) is 11.0. The molecule has 0 unspecified atom stereocenters. The molecule has 2 heteroatoms.